The van der Waals surface area contributed by atoms with E-state index in [9.17, 15) is 19.2 Å². The number of piperazine rings is 1. The van der Waals surface area contributed by atoms with E-state index < -0.39 is 17.7 Å². The Labute approximate surface area is 215 Å². The van der Waals surface area contributed by atoms with Crippen LogP contribution in [0.3, 0.4) is 0 Å². The molecule has 8 nitrogen and oxygen atoms in total. The highest BCUT2D eigenvalue weighted by Crippen LogP contribution is 2.31. The van der Waals surface area contributed by atoms with Crippen LogP contribution in [0.4, 0.5) is 11.4 Å². The minimum atomic E-state index is -0.451. The Kier molecular flexibility index (Phi) is 6.35. The van der Waals surface area contributed by atoms with Crippen molar-refractivity contribution < 1.29 is 19.2 Å². The number of likely N-dealkylation sites (N-methyl/N-ethyl adjacent to an activating group) is 1. The van der Waals surface area contributed by atoms with E-state index in [1.807, 2.05) is 37.9 Å². The summed E-state index contributed by atoms with van der Waals surface area (Å²) in [7, 11) is 2.04. The Morgan fingerprint density at radius 2 is 1.41 bits per heavy atom. The number of nitrogens with zero attached hydrogens (tertiary/aromatic N) is 3. The molecular weight excluding hydrogens is 468 g/mol. The normalized spacial score (nSPS) is 15.6. The molecule has 8 heteroatoms. The summed E-state index contributed by atoms with van der Waals surface area (Å²) in [6.07, 6.45) is 0. The van der Waals surface area contributed by atoms with Crippen LogP contribution in [0.2, 0.25) is 0 Å². The lowest BCUT2D eigenvalue weighted by atomic mass is 10.1. The zero-order chi connectivity index (χ0) is 26.3. The first kappa shape index (κ1) is 24.4. The number of imide groups is 1. The fourth-order valence-electron chi connectivity index (χ4n) is 4.75. The number of carbonyl (C=O) groups is 4. The van der Waals surface area contributed by atoms with Crippen molar-refractivity contribution in [1.29, 1.82) is 0 Å². The molecule has 1 saturated heterocycles. The van der Waals surface area contributed by atoms with Gasteiger partial charge in [0, 0.05) is 43.0 Å². The molecule has 1 N–H and O–H groups in total. The number of anilines is 2. The second-order valence-electron chi connectivity index (χ2n) is 9.62. The van der Waals surface area contributed by atoms with Gasteiger partial charge < -0.3 is 15.1 Å². The maximum Gasteiger partial charge on any atom is 0.266 e. The molecule has 0 spiro atoms. The lowest BCUT2D eigenvalue weighted by Crippen LogP contribution is -2.47. The quantitative estimate of drug-likeness (QED) is 0.556. The first-order valence-electron chi connectivity index (χ1n) is 12.2. The first-order valence-corrected chi connectivity index (χ1v) is 12.2. The van der Waals surface area contributed by atoms with E-state index in [2.05, 4.69) is 10.2 Å². The van der Waals surface area contributed by atoms with Gasteiger partial charge in [-0.2, -0.15) is 0 Å². The van der Waals surface area contributed by atoms with E-state index in [-0.39, 0.29) is 22.6 Å². The number of aryl methyl sites for hydroxylation is 2. The summed E-state index contributed by atoms with van der Waals surface area (Å²) >= 11 is 0. The number of hydrogen-bond donors (Lipinski definition) is 1. The number of nitrogens with one attached hydrogen (secondary N) is 1. The second-order valence-corrected chi connectivity index (χ2v) is 9.62. The van der Waals surface area contributed by atoms with E-state index in [0.717, 1.165) is 29.1 Å². The summed E-state index contributed by atoms with van der Waals surface area (Å²) in [5.41, 5.74) is 4.22. The highest BCUT2D eigenvalue weighted by atomic mass is 16.2. The van der Waals surface area contributed by atoms with Gasteiger partial charge in [-0.15, -0.1) is 0 Å². The van der Waals surface area contributed by atoms with Crippen molar-refractivity contribution in [1.82, 2.24) is 9.80 Å². The van der Waals surface area contributed by atoms with Crippen LogP contribution < -0.4 is 10.2 Å². The molecule has 2 heterocycles. The molecule has 2 aliphatic heterocycles. The van der Waals surface area contributed by atoms with Crippen LogP contribution in [0.5, 0.6) is 0 Å². The lowest BCUT2D eigenvalue weighted by Gasteiger charge is -2.32. The van der Waals surface area contributed by atoms with E-state index in [1.165, 1.54) is 18.2 Å². The van der Waals surface area contributed by atoms with Crippen LogP contribution in [0, 0.1) is 13.8 Å². The lowest BCUT2D eigenvalue weighted by molar-refractivity contribution is 0.0663. The van der Waals surface area contributed by atoms with Gasteiger partial charge in [0.2, 0.25) is 0 Å². The van der Waals surface area contributed by atoms with Gasteiger partial charge in [-0.05, 0) is 75.0 Å². The number of fused-ring (bicyclic) bond motifs is 1. The molecule has 0 bridgehead atoms. The molecule has 0 atom stereocenters. The Morgan fingerprint density at radius 3 is 2.08 bits per heavy atom. The molecule has 0 unspecified atom stereocenters. The molecule has 3 aromatic rings. The zero-order valence-electron chi connectivity index (χ0n) is 21.1. The maximum atomic E-state index is 13.2. The van der Waals surface area contributed by atoms with Gasteiger partial charge in [-0.1, -0.05) is 17.7 Å². The van der Waals surface area contributed by atoms with E-state index >= 15 is 0 Å². The Bertz CT molecular complexity index is 1420. The monoisotopic (exact) mass is 496 g/mol. The molecule has 0 radical (unpaired) electrons. The van der Waals surface area contributed by atoms with Crippen molar-refractivity contribution in [2.75, 3.05) is 43.4 Å². The van der Waals surface area contributed by atoms with Crippen LogP contribution in [0.25, 0.3) is 0 Å². The smallest absolute Gasteiger partial charge is 0.266 e. The number of amides is 4. The molecule has 2 aliphatic rings. The first-order chi connectivity index (χ1) is 17.7. The summed E-state index contributed by atoms with van der Waals surface area (Å²) in [6, 6.07) is 16.8. The summed E-state index contributed by atoms with van der Waals surface area (Å²) < 4.78 is 0. The summed E-state index contributed by atoms with van der Waals surface area (Å²) in [5, 5.41) is 2.80. The second kappa shape index (κ2) is 9.63. The van der Waals surface area contributed by atoms with E-state index in [0.29, 0.717) is 30.0 Å². The highest BCUT2D eigenvalue weighted by Gasteiger charge is 2.37. The Hall–Kier alpha value is -4.30. The Balaban J connectivity index is 1.30. The van der Waals surface area contributed by atoms with Gasteiger partial charge in [-0.25, -0.2) is 4.90 Å². The van der Waals surface area contributed by atoms with Crippen LogP contribution in [0.15, 0.2) is 60.7 Å². The Morgan fingerprint density at radius 1 is 0.757 bits per heavy atom. The largest absolute Gasteiger partial charge is 0.336 e. The molecule has 37 heavy (non-hydrogen) atoms. The fourth-order valence-corrected chi connectivity index (χ4v) is 4.75. The molecule has 3 aromatic carbocycles. The average Bonchev–Trinajstić information content (AvgIpc) is 3.14. The van der Waals surface area contributed by atoms with Gasteiger partial charge in [0.05, 0.1) is 16.8 Å². The SMILES string of the molecule is Cc1ccc(N2C(=O)c3ccc(C(=O)Nc4ccc(C(=O)N5CCN(C)CC5)cc4)cc3C2=O)c(C)c1. The molecule has 0 saturated carbocycles. The number of benzene rings is 3. The molecule has 4 amide bonds. The molecular formula is C29H28N4O4. The maximum absolute atomic E-state index is 13.2. The molecule has 5 rings (SSSR count). The molecule has 0 aromatic heterocycles. The fraction of sp³-hybridized carbons (Fsp3) is 0.241. The van der Waals surface area contributed by atoms with Crippen LogP contribution in [-0.4, -0.2) is 66.7 Å². The zero-order valence-corrected chi connectivity index (χ0v) is 21.1. The third-order valence-corrected chi connectivity index (χ3v) is 6.92. The van der Waals surface area contributed by atoms with Gasteiger partial charge in [0.15, 0.2) is 0 Å². The third kappa shape index (κ3) is 4.63. The van der Waals surface area contributed by atoms with Crippen LogP contribution >= 0.6 is 0 Å². The summed E-state index contributed by atoms with van der Waals surface area (Å²) in [5.74, 6) is -1.29. The van der Waals surface area contributed by atoms with Crippen molar-refractivity contribution in [3.8, 4) is 0 Å². The van der Waals surface area contributed by atoms with Crippen molar-refractivity contribution in [3.63, 3.8) is 0 Å². The minimum absolute atomic E-state index is 0.0267. The number of hydrogen-bond acceptors (Lipinski definition) is 5. The van der Waals surface area contributed by atoms with Crippen molar-refractivity contribution in [2.24, 2.45) is 0 Å². The van der Waals surface area contributed by atoms with E-state index in [1.54, 1.807) is 30.3 Å². The molecule has 188 valence electrons. The summed E-state index contributed by atoms with van der Waals surface area (Å²) in [6.45, 7) is 6.87. The van der Waals surface area contributed by atoms with Crippen LogP contribution in [0.1, 0.15) is 52.6 Å². The van der Waals surface area contributed by atoms with Gasteiger partial charge >= 0.3 is 0 Å². The molecule has 0 aliphatic carbocycles. The van der Waals surface area contributed by atoms with E-state index in [4.69, 9.17) is 0 Å². The van der Waals surface area contributed by atoms with Crippen molar-refractivity contribution >= 4 is 35.0 Å². The van der Waals surface area contributed by atoms with Crippen molar-refractivity contribution in [3.05, 3.63) is 94.0 Å². The number of carbonyl (C=O) groups excluding carboxylic acids is 4. The average molecular weight is 497 g/mol. The topological polar surface area (TPSA) is 90.0 Å². The van der Waals surface area contributed by atoms with Gasteiger partial charge in [0.25, 0.3) is 23.6 Å². The molecule has 1 fully saturated rings. The van der Waals surface area contributed by atoms with Gasteiger partial charge in [0.1, 0.15) is 0 Å². The van der Waals surface area contributed by atoms with Crippen molar-refractivity contribution in [2.45, 2.75) is 13.8 Å². The predicted octanol–water partition coefficient (Wildman–Crippen LogP) is 3.74. The standard InChI is InChI=1S/C29H28N4O4/c1-18-4-11-25(19(2)16-18)33-28(36)23-10-7-21(17-24(23)29(33)37)26(34)30-22-8-5-20(6-9-22)27(35)32-14-12-31(3)13-15-32/h4-11,16-17H,12-15H2,1-3H3,(H,30,34). The third-order valence-electron chi connectivity index (χ3n) is 6.92. The van der Waals surface area contributed by atoms with Gasteiger partial charge in [-0.3, -0.25) is 19.2 Å². The predicted molar refractivity (Wildman–Crippen MR) is 141 cm³/mol. The number of rotatable bonds is 4. The summed E-state index contributed by atoms with van der Waals surface area (Å²) in [4.78, 5) is 57.0. The highest BCUT2D eigenvalue weighted by molar-refractivity contribution is 6.35. The van der Waals surface area contributed by atoms with Crippen LogP contribution in [-0.2, 0) is 0 Å². The minimum Gasteiger partial charge on any atom is -0.336 e.